The van der Waals surface area contributed by atoms with Crippen molar-refractivity contribution in [1.29, 1.82) is 0 Å². The van der Waals surface area contributed by atoms with E-state index in [2.05, 4.69) is 25.5 Å². The summed E-state index contributed by atoms with van der Waals surface area (Å²) < 4.78 is 0. The Labute approximate surface area is 58.0 Å². The Bertz CT molecular complexity index is 88.2. The molecule has 1 rings (SSSR count). The summed E-state index contributed by atoms with van der Waals surface area (Å²) in [5.41, 5.74) is 0. The van der Waals surface area contributed by atoms with Crippen LogP contribution in [-0.2, 0) is 0 Å². The van der Waals surface area contributed by atoms with Gasteiger partial charge >= 0.3 is 0 Å². The normalized spacial score (nSPS) is 19.2. The highest BCUT2D eigenvalue weighted by molar-refractivity contribution is 4.99. The Hall–Kier alpha value is -0.260. The second-order valence-electron chi connectivity index (χ2n) is 2.73. The van der Waals surface area contributed by atoms with Gasteiger partial charge in [0.1, 0.15) is 0 Å². The first-order chi connectivity index (χ1) is 4.43. The predicted octanol–water partition coefficient (Wildman–Crippen LogP) is 2.96. The summed E-state index contributed by atoms with van der Waals surface area (Å²) in [4.78, 5) is 0. The van der Waals surface area contributed by atoms with Crippen LogP contribution in [0.5, 0.6) is 0 Å². The van der Waals surface area contributed by atoms with E-state index in [0.717, 1.165) is 5.92 Å². The molecule has 0 heterocycles. The van der Waals surface area contributed by atoms with Gasteiger partial charge in [-0.2, -0.15) is 0 Å². The van der Waals surface area contributed by atoms with Crippen LogP contribution < -0.4 is 0 Å². The third-order valence-electron chi connectivity index (χ3n) is 1.63. The molecule has 1 atom stereocenters. The van der Waals surface area contributed by atoms with Crippen molar-refractivity contribution in [3.05, 3.63) is 18.6 Å². The summed E-state index contributed by atoms with van der Waals surface area (Å²) in [5, 5.41) is 0. The summed E-state index contributed by atoms with van der Waals surface area (Å²) in [5.74, 6) is 0.943. The zero-order valence-corrected chi connectivity index (χ0v) is 6.14. The standard InChI is InChI=1S/C9H15/c1-2-3-4-5-6-9-7-8-9/h4-5,7,9H,2-3,6,8H2,1H3. The lowest BCUT2D eigenvalue weighted by Gasteiger charge is -1.85. The maximum absolute atomic E-state index is 2.37. The molecule has 0 aromatic rings. The van der Waals surface area contributed by atoms with E-state index < -0.39 is 0 Å². The van der Waals surface area contributed by atoms with Gasteiger partial charge in [-0.3, -0.25) is 0 Å². The second-order valence-corrected chi connectivity index (χ2v) is 2.73. The maximum Gasteiger partial charge on any atom is -0.0319 e. The van der Waals surface area contributed by atoms with Gasteiger partial charge in [0.2, 0.25) is 0 Å². The second kappa shape index (κ2) is 3.71. The molecule has 1 unspecified atom stereocenters. The fraction of sp³-hybridized carbons (Fsp3) is 0.667. The molecule has 0 bridgehead atoms. The van der Waals surface area contributed by atoms with E-state index in [4.69, 9.17) is 0 Å². The van der Waals surface area contributed by atoms with Crippen molar-refractivity contribution in [3.8, 4) is 0 Å². The Morgan fingerprint density at radius 2 is 2.33 bits per heavy atom. The zero-order valence-electron chi connectivity index (χ0n) is 6.14. The van der Waals surface area contributed by atoms with Crippen LogP contribution in [-0.4, -0.2) is 0 Å². The summed E-state index contributed by atoms with van der Waals surface area (Å²) in [6, 6.07) is 0. The lowest BCUT2D eigenvalue weighted by Crippen LogP contribution is -1.68. The van der Waals surface area contributed by atoms with E-state index in [-0.39, 0.29) is 0 Å². The molecule has 0 aromatic carbocycles. The highest BCUT2D eigenvalue weighted by Crippen LogP contribution is 2.30. The minimum atomic E-state index is 0.943. The molecule has 0 heteroatoms. The molecule has 0 N–H and O–H groups in total. The summed E-state index contributed by atoms with van der Waals surface area (Å²) >= 11 is 0. The van der Waals surface area contributed by atoms with Crippen molar-refractivity contribution in [3.63, 3.8) is 0 Å². The third-order valence-corrected chi connectivity index (χ3v) is 1.63. The smallest absolute Gasteiger partial charge is 0.0319 e. The van der Waals surface area contributed by atoms with Crippen LogP contribution in [0.25, 0.3) is 0 Å². The third kappa shape index (κ3) is 3.34. The monoisotopic (exact) mass is 123 g/mol. The molecule has 0 amide bonds. The molecule has 9 heavy (non-hydrogen) atoms. The number of allylic oxidation sites excluding steroid dienone is 2. The molecule has 0 spiro atoms. The maximum atomic E-state index is 2.37. The fourth-order valence-corrected chi connectivity index (χ4v) is 0.844. The van der Waals surface area contributed by atoms with Crippen molar-refractivity contribution in [1.82, 2.24) is 0 Å². The Kier molecular flexibility index (Phi) is 2.82. The van der Waals surface area contributed by atoms with Crippen LogP contribution in [0.2, 0.25) is 0 Å². The van der Waals surface area contributed by atoms with Gasteiger partial charge in [0.15, 0.2) is 0 Å². The van der Waals surface area contributed by atoms with Crippen molar-refractivity contribution in [2.24, 2.45) is 5.92 Å². The summed E-state index contributed by atoms with van der Waals surface area (Å²) in [7, 11) is 0. The van der Waals surface area contributed by atoms with Crippen LogP contribution in [0, 0.1) is 12.3 Å². The molecule has 51 valence electrons. The van der Waals surface area contributed by atoms with Crippen LogP contribution in [0.15, 0.2) is 12.2 Å². The lowest BCUT2D eigenvalue weighted by molar-refractivity contribution is 0.877. The number of hydrogen-bond acceptors (Lipinski definition) is 0. The molecule has 0 nitrogen and oxygen atoms in total. The zero-order chi connectivity index (χ0) is 6.53. The molecule has 1 aliphatic carbocycles. The predicted molar refractivity (Wildman–Crippen MR) is 41.1 cm³/mol. The number of unbranched alkanes of at least 4 members (excludes halogenated alkanes) is 1. The van der Waals surface area contributed by atoms with Crippen molar-refractivity contribution in [2.75, 3.05) is 0 Å². The van der Waals surface area contributed by atoms with E-state index in [9.17, 15) is 0 Å². The van der Waals surface area contributed by atoms with E-state index in [1.807, 2.05) is 0 Å². The van der Waals surface area contributed by atoms with E-state index in [0.29, 0.717) is 0 Å². The van der Waals surface area contributed by atoms with Crippen molar-refractivity contribution in [2.45, 2.75) is 32.6 Å². The molecular weight excluding hydrogens is 108 g/mol. The Morgan fingerprint density at radius 1 is 1.56 bits per heavy atom. The molecule has 0 aromatic heterocycles. The molecular formula is C9H15. The molecule has 1 aliphatic rings. The van der Waals surface area contributed by atoms with Crippen LogP contribution in [0.3, 0.4) is 0 Å². The van der Waals surface area contributed by atoms with Gasteiger partial charge in [-0.05, 0) is 31.6 Å². The SMILES string of the molecule is CCCC=CCC1[CH]C1. The molecule has 1 radical (unpaired) electrons. The fourth-order valence-electron chi connectivity index (χ4n) is 0.844. The summed E-state index contributed by atoms with van der Waals surface area (Å²) in [6.45, 7) is 2.22. The van der Waals surface area contributed by atoms with Crippen molar-refractivity contribution < 1.29 is 0 Å². The average Bonchev–Trinajstić information content (AvgIpc) is 2.63. The van der Waals surface area contributed by atoms with Gasteiger partial charge in [0.25, 0.3) is 0 Å². The van der Waals surface area contributed by atoms with Gasteiger partial charge in [-0.25, -0.2) is 0 Å². The van der Waals surface area contributed by atoms with Crippen LogP contribution >= 0.6 is 0 Å². The lowest BCUT2D eigenvalue weighted by atomic mass is 10.2. The quantitative estimate of drug-likeness (QED) is 0.504. The van der Waals surface area contributed by atoms with Gasteiger partial charge in [-0.1, -0.05) is 25.5 Å². The van der Waals surface area contributed by atoms with Gasteiger partial charge in [-0.15, -0.1) is 0 Å². The van der Waals surface area contributed by atoms with Crippen molar-refractivity contribution >= 4 is 0 Å². The van der Waals surface area contributed by atoms with E-state index >= 15 is 0 Å². The largest absolute Gasteiger partial charge is 0.0885 e. The minimum absolute atomic E-state index is 0.943. The molecule has 1 fully saturated rings. The van der Waals surface area contributed by atoms with Crippen LogP contribution in [0.1, 0.15) is 32.6 Å². The van der Waals surface area contributed by atoms with Gasteiger partial charge < -0.3 is 0 Å². The highest BCUT2D eigenvalue weighted by atomic mass is 14.2. The topological polar surface area (TPSA) is 0 Å². The molecule has 0 saturated heterocycles. The number of rotatable bonds is 4. The van der Waals surface area contributed by atoms with E-state index in [1.165, 1.54) is 25.7 Å². The van der Waals surface area contributed by atoms with E-state index in [1.54, 1.807) is 0 Å². The first-order valence-electron chi connectivity index (χ1n) is 3.92. The molecule has 0 aliphatic heterocycles. The average molecular weight is 123 g/mol. The van der Waals surface area contributed by atoms with Gasteiger partial charge in [0.05, 0.1) is 0 Å². The summed E-state index contributed by atoms with van der Waals surface area (Å²) in [6.07, 6.45) is 12.2. The Balaban J connectivity index is 1.88. The first kappa shape index (κ1) is 6.85. The highest BCUT2D eigenvalue weighted by Gasteiger charge is 2.19. The van der Waals surface area contributed by atoms with Gasteiger partial charge in [0, 0.05) is 0 Å². The molecule has 1 saturated carbocycles. The first-order valence-corrected chi connectivity index (χ1v) is 3.92. The number of hydrogen-bond donors (Lipinski definition) is 0. The Morgan fingerprint density at radius 3 is 2.89 bits per heavy atom. The van der Waals surface area contributed by atoms with Crippen LogP contribution in [0.4, 0.5) is 0 Å². The minimum Gasteiger partial charge on any atom is -0.0885 e.